The molecule has 29 heavy (non-hydrogen) atoms. The number of nitrogens with zero attached hydrogens (tertiary/aromatic N) is 3. The fourth-order valence-electron chi connectivity index (χ4n) is 4.21. The zero-order valence-corrected chi connectivity index (χ0v) is 16.1. The lowest BCUT2D eigenvalue weighted by Gasteiger charge is -2.44. The van der Waals surface area contributed by atoms with Crippen LogP contribution in [-0.2, 0) is 16.1 Å². The van der Waals surface area contributed by atoms with Gasteiger partial charge in [0.1, 0.15) is 5.41 Å². The second-order valence-corrected chi connectivity index (χ2v) is 7.72. The van der Waals surface area contributed by atoms with E-state index in [2.05, 4.69) is 0 Å². The Balaban J connectivity index is 0.000000755. The van der Waals surface area contributed by atoms with Crippen molar-refractivity contribution < 1.29 is 30.0 Å². The van der Waals surface area contributed by atoms with Crippen molar-refractivity contribution >= 4 is 29.4 Å². The minimum Gasteiger partial charge on any atom is -0.483 e. The number of carbonyl (C=O) groups is 2. The highest BCUT2D eigenvalue weighted by molar-refractivity contribution is 5.80. The molecule has 0 bridgehead atoms. The van der Waals surface area contributed by atoms with E-state index in [0.29, 0.717) is 37.8 Å². The molecule has 0 radical (unpaired) electrons. The Labute approximate surface area is 168 Å². The second-order valence-electron chi connectivity index (χ2n) is 7.72. The number of aromatic nitrogens is 2. The van der Waals surface area contributed by atoms with Crippen LogP contribution in [0.15, 0.2) is 24.3 Å². The first-order valence-corrected chi connectivity index (χ1v) is 9.77. The van der Waals surface area contributed by atoms with Crippen molar-refractivity contribution in [1.29, 1.82) is 0 Å². The van der Waals surface area contributed by atoms with Gasteiger partial charge in [-0.25, -0.2) is 4.98 Å². The molecule has 1 aliphatic heterocycles. The molecule has 158 valence electrons. The molecule has 0 spiro atoms. The van der Waals surface area contributed by atoms with Crippen LogP contribution < -0.4 is 4.90 Å². The molecular formula is C20H27N3O6. The second kappa shape index (κ2) is 8.79. The van der Waals surface area contributed by atoms with Crippen LogP contribution in [0.5, 0.6) is 0 Å². The van der Waals surface area contributed by atoms with Gasteiger partial charge in [-0.1, -0.05) is 25.0 Å². The number of anilines is 1. The van der Waals surface area contributed by atoms with Gasteiger partial charge in [-0.3, -0.25) is 9.59 Å². The molecular weight excluding hydrogens is 378 g/mol. The number of fused-ring (bicyclic) bond motifs is 1. The molecule has 4 N–H and O–H groups in total. The van der Waals surface area contributed by atoms with Gasteiger partial charge in [0.25, 0.3) is 6.47 Å². The van der Waals surface area contributed by atoms with Crippen LogP contribution in [0.3, 0.4) is 0 Å². The van der Waals surface area contributed by atoms with Crippen LogP contribution >= 0.6 is 0 Å². The average Bonchev–Trinajstić information content (AvgIpc) is 3.44. The summed E-state index contributed by atoms with van der Waals surface area (Å²) in [6.45, 7) is 0.928. The third-order valence-corrected chi connectivity index (χ3v) is 5.80. The van der Waals surface area contributed by atoms with Gasteiger partial charge in [0.2, 0.25) is 5.95 Å². The molecule has 4 rings (SSSR count). The summed E-state index contributed by atoms with van der Waals surface area (Å²) in [6, 6.07) is 7.71. The van der Waals surface area contributed by atoms with Gasteiger partial charge < -0.3 is 29.9 Å². The largest absolute Gasteiger partial charge is 0.483 e. The summed E-state index contributed by atoms with van der Waals surface area (Å²) in [5, 5.41) is 36.9. The maximum Gasteiger partial charge on any atom is 0.314 e. The predicted octanol–water partition coefficient (Wildman–Crippen LogP) is 1.17. The molecule has 1 aliphatic carbocycles. The van der Waals surface area contributed by atoms with E-state index in [9.17, 15) is 20.1 Å². The fraction of sp³-hybridized carbons (Fsp3) is 0.550. The molecule has 0 unspecified atom stereocenters. The number of aliphatic carboxylic acids is 1. The van der Waals surface area contributed by atoms with E-state index in [4.69, 9.17) is 14.9 Å². The highest BCUT2D eigenvalue weighted by Crippen LogP contribution is 2.45. The first-order valence-electron chi connectivity index (χ1n) is 9.77. The summed E-state index contributed by atoms with van der Waals surface area (Å²) in [6.07, 6.45) is 2.17. The Hall–Kier alpha value is -2.65. The highest BCUT2D eigenvalue weighted by atomic mass is 16.4. The van der Waals surface area contributed by atoms with Crippen LogP contribution in [0.25, 0.3) is 11.0 Å². The molecule has 1 aromatic carbocycles. The first kappa shape index (κ1) is 21.1. The van der Waals surface area contributed by atoms with E-state index in [0.717, 1.165) is 23.9 Å². The molecule has 9 heteroatoms. The summed E-state index contributed by atoms with van der Waals surface area (Å²) < 4.78 is 1.94. The molecule has 1 saturated carbocycles. The van der Waals surface area contributed by atoms with Crippen molar-refractivity contribution in [1.82, 2.24) is 9.55 Å². The normalized spacial score (nSPS) is 24.1. The summed E-state index contributed by atoms with van der Waals surface area (Å²) in [5.74, 6) is 0.150. The number of imidazole rings is 1. The Morgan fingerprint density at radius 2 is 1.97 bits per heavy atom. The summed E-state index contributed by atoms with van der Waals surface area (Å²) in [7, 11) is 0. The topological polar surface area (TPSA) is 136 Å². The van der Waals surface area contributed by atoms with Gasteiger partial charge in [0, 0.05) is 19.6 Å². The lowest BCUT2D eigenvalue weighted by Crippen LogP contribution is -2.56. The summed E-state index contributed by atoms with van der Waals surface area (Å²) in [4.78, 5) is 27.2. The molecule has 0 amide bonds. The van der Waals surface area contributed by atoms with Gasteiger partial charge >= 0.3 is 5.97 Å². The van der Waals surface area contributed by atoms with E-state index in [1.165, 1.54) is 0 Å². The third-order valence-electron chi connectivity index (χ3n) is 5.80. The Morgan fingerprint density at radius 3 is 2.59 bits per heavy atom. The monoisotopic (exact) mass is 405 g/mol. The van der Waals surface area contributed by atoms with E-state index in [1.807, 2.05) is 33.7 Å². The number of carboxylic acid groups (broad SMARTS) is 2. The predicted molar refractivity (Wildman–Crippen MR) is 106 cm³/mol. The highest BCUT2D eigenvalue weighted by Gasteiger charge is 2.52. The number of hydrogen-bond acceptors (Lipinski definition) is 6. The number of carboxylic acids is 1. The molecule has 2 aliphatic rings. The molecule has 2 atom stereocenters. The quantitative estimate of drug-likeness (QED) is 0.526. The SMILES string of the molecule is O=C(O)[C@@]1(CC2CC2)CN(c2nc3ccccc3n2CCO)CC[C@H]1O.O=CO. The lowest BCUT2D eigenvalue weighted by atomic mass is 9.73. The number of aliphatic hydroxyl groups excluding tert-OH is 2. The number of aliphatic hydroxyl groups is 2. The van der Waals surface area contributed by atoms with Crippen LogP contribution in [0.4, 0.5) is 5.95 Å². The molecule has 1 saturated heterocycles. The minimum absolute atomic E-state index is 0.0179. The van der Waals surface area contributed by atoms with Gasteiger partial charge in [0.15, 0.2) is 0 Å². The van der Waals surface area contributed by atoms with E-state index in [-0.39, 0.29) is 19.6 Å². The zero-order valence-electron chi connectivity index (χ0n) is 16.1. The van der Waals surface area contributed by atoms with Gasteiger partial charge in [0.05, 0.1) is 23.7 Å². The van der Waals surface area contributed by atoms with Crippen molar-refractivity contribution in [2.75, 3.05) is 24.6 Å². The maximum absolute atomic E-state index is 12.2. The van der Waals surface area contributed by atoms with E-state index < -0.39 is 17.5 Å². The van der Waals surface area contributed by atoms with Gasteiger partial charge in [-0.05, 0) is 30.9 Å². The van der Waals surface area contributed by atoms with Gasteiger partial charge in [-0.15, -0.1) is 0 Å². The fourth-order valence-corrected chi connectivity index (χ4v) is 4.21. The molecule has 2 heterocycles. The molecule has 9 nitrogen and oxygen atoms in total. The minimum atomic E-state index is -1.15. The van der Waals surface area contributed by atoms with Crippen molar-refractivity contribution in [2.24, 2.45) is 11.3 Å². The summed E-state index contributed by atoms with van der Waals surface area (Å²) >= 11 is 0. The smallest absolute Gasteiger partial charge is 0.314 e. The number of hydrogen-bond donors (Lipinski definition) is 4. The van der Waals surface area contributed by atoms with Crippen molar-refractivity contribution in [3.05, 3.63) is 24.3 Å². The average molecular weight is 405 g/mol. The number of para-hydroxylation sites is 2. The van der Waals surface area contributed by atoms with Crippen molar-refractivity contribution in [3.8, 4) is 0 Å². The van der Waals surface area contributed by atoms with Crippen LogP contribution in [0, 0.1) is 11.3 Å². The van der Waals surface area contributed by atoms with E-state index in [1.54, 1.807) is 0 Å². The molecule has 2 fully saturated rings. The van der Waals surface area contributed by atoms with E-state index >= 15 is 0 Å². The Kier molecular flexibility index (Phi) is 6.39. The first-order chi connectivity index (χ1) is 14.0. The van der Waals surface area contributed by atoms with Crippen LogP contribution in [-0.4, -0.2) is 68.2 Å². The maximum atomic E-state index is 12.2. The Bertz CT molecular complexity index is 865. The number of benzene rings is 1. The number of piperidine rings is 1. The van der Waals surface area contributed by atoms with Crippen LogP contribution in [0.1, 0.15) is 25.7 Å². The summed E-state index contributed by atoms with van der Waals surface area (Å²) in [5.41, 5.74) is 0.595. The number of rotatable bonds is 6. The van der Waals surface area contributed by atoms with Crippen molar-refractivity contribution in [3.63, 3.8) is 0 Å². The lowest BCUT2D eigenvalue weighted by molar-refractivity contribution is -0.158. The standard InChI is InChI=1S/C19H25N3O4.CH2O2/c23-10-9-22-15-4-2-1-3-14(15)20-18(22)21-8-7-16(24)19(12-21,17(25)26)11-13-5-6-13;2-1-3/h1-4,13,16,23-24H,5-12H2,(H,25,26);1H,(H,2,3)/t16-,19+;/m1./s1. The molecule has 2 aromatic rings. The third kappa shape index (κ3) is 4.20. The van der Waals surface area contributed by atoms with Gasteiger partial charge in [-0.2, -0.15) is 0 Å². The molecule has 1 aromatic heterocycles. The van der Waals surface area contributed by atoms with Crippen LogP contribution in [0.2, 0.25) is 0 Å². The zero-order chi connectivity index (χ0) is 21.0. The Morgan fingerprint density at radius 1 is 1.28 bits per heavy atom. The van der Waals surface area contributed by atoms with Crippen molar-refractivity contribution in [2.45, 2.75) is 38.3 Å².